The second kappa shape index (κ2) is 3.86. The van der Waals surface area contributed by atoms with Gasteiger partial charge in [0, 0.05) is 18.3 Å². The maximum absolute atomic E-state index is 10.3. The lowest BCUT2D eigenvalue weighted by molar-refractivity contribution is -0.110. The zero-order valence-corrected chi connectivity index (χ0v) is 6.53. The van der Waals surface area contributed by atoms with Crippen LogP contribution in [0.2, 0.25) is 0 Å². The van der Waals surface area contributed by atoms with E-state index in [0.717, 1.165) is 12.7 Å². The van der Waals surface area contributed by atoms with Crippen molar-refractivity contribution in [3.8, 4) is 0 Å². The molecular weight excluding hydrogens is 138 g/mol. The molecule has 0 aliphatic heterocycles. The first kappa shape index (κ1) is 7.92. The van der Waals surface area contributed by atoms with Crippen molar-refractivity contribution in [3.05, 3.63) is 30.1 Å². The molecule has 0 saturated carbocycles. The second-order valence-corrected chi connectivity index (χ2v) is 2.67. The van der Waals surface area contributed by atoms with Gasteiger partial charge >= 0.3 is 0 Å². The molecule has 0 aromatic carbocycles. The van der Waals surface area contributed by atoms with Gasteiger partial charge in [-0.2, -0.15) is 0 Å². The molecule has 0 spiro atoms. The third kappa shape index (κ3) is 2.50. The predicted molar refractivity (Wildman–Crippen MR) is 43.2 cm³/mol. The summed E-state index contributed by atoms with van der Waals surface area (Å²) in [6.45, 7) is 1.91. The highest BCUT2D eigenvalue weighted by Gasteiger charge is 1.99. The van der Waals surface area contributed by atoms with Gasteiger partial charge < -0.3 is 4.79 Å². The zero-order chi connectivity index (χ0) is 8.10. The van der Waals surface area contributed by atoms with E-state index in [4.69, 9.17) is 0 Å². The number of carbonyl (C=O) groups is 1. The van der Waals surface area contributed by atoms with Gasteiger partial charge in [-0.1, -0.05) is 6.92 Å². The Morgan fingerprint density at radius 1 is 1.55 bits per heavy atom. The Hall–Kier alpha value is -1.18. The number of carbonyl (C=O) groups excluding carboxylic acids is 1. The molecule has 0 unspecified atom stereocenters. The number of hydrogen-bond acceptors (Lipinski definition) is 2. The average Bonchev–Trinajstić information content (AvgIpc) is 2.06. The van der Waals surface area contributed by atoms with Crippen LogP contribution >= 0.6 is 0 Å². The lowest BCUT2D eigenvalue weighted by atomic mass is 10.0. The maximum Gasteiger partial charge on any atom is 0.123 e. The largest absolute Gasteiger partial charge is 0.303 e. The minimum absolute atomic E-state index is 0.109. The number of nitrogens with zero attached hydrogens (tertiary/aromatic N) is 1. The van der Waals surface area contributed by atoms with Gasteiger partial charge in [0.2, 0.25) is 0 Å². The van der Waals surface area contributed by atoms with Crippen molar-refractivity contribution < 1.29 is 4.79 Å². The normalized spacial score (nSPS) is 12.5. The Labute approximate surface area is 66.3 Å². The molecule has 0 bridgehead atoms. The molecule has 0 saturated heterocycles. The van der Waals surface area contributed by atoms with E-state index < -0.39 is 0 Å². The number of hydrogen-bond donors (Lipinski definition) is 0. The molecule has 0 amide bonds. The van der Waals surface area contributed by atoms with E-state index in [1.54, 1.807) is 12.4 Å². The smallest absolute Gasteiger partial charge is 0.123 e. The summed E-state index contributed by atoms with van der Waals surface area (Å²) in [6.07, 6.45) is 5.27. The first-order valence-electron chi connectivity index (χ1n) is 3.67. The van der Waals surface area contributed by atoms with Crippen LogP contribution in [0.25, 0.3) is 0 Å². The van der Waals surface area contributed by atoms with Crippen molar-refractivity contribution in [2.45, 2.75) is 13.3 Å². The molecule has 1 aromatic heterocycles. The van der Waals surface area contributed by atoms with Crippen molar-refractivity contribution in [1.82, 2.24) is 4.98 Å². The fourth-order valence-electron chi connectivity index (χ4n) is 0.939. The second-order valence-electron chi connectivity index (χ2n) is 2.67. The van der Waals surface area contributed by atoms with E-state index in [1.165, 1.54) is 5.56 Å². The van der Waals surface area contributed by atoms with Crippen LogP contribution in [0.5, 0.6) is 0 Å². The molecule has 0 aliphatic carbocycles. The van der Waals surface area contributed by atoms with Crippen LogP contribution in [0, 0.1) is 5.92 Å². The molecule has 1 rings (SSSR count). The molecular formula is C9H11NO. The summed E-state index contributed by atoms with van der Waals surface area (Å²) < 4.78 is 0. The topological polar surface area (TPSA) is 30.0 Å². The van der Waals surface area contributed by atoms with E-state index in [-0.39, 0.29) is 5.92 Å². The van der Waals surface area contributed by atoms with Crippen molar-refractivity contribution in [2.24, 2.45) is 5.92 Å². The van der Waals surface area contributed by atoms with Crippen LogP contribution in [0.3, 0.4) is 0 Å². The number of aldehydes is 1. The summed E-state index contributed by atoms with van der Waals surface area (Å²) in [5, 5.41) is 0. The first-order valence-corrected chi connectivity index (χ1v) is 3.67. The summed E-state index contributed by atoms with van der Waals surface area (Å²) in [5.74, 6) is 0.109. The Kier molecular flexibility index (Phi) is 2.78. The zero-order valence-electron chi connectivity index (χ0n) is 6.53. The third-order valence-electron chi connectivity index (χ3n) is 1.54. The van der Waals surface area contributed by atoms with Crippen LogP contribution in [0.4, 0.5) is 0 Å². The Bertz CT molecular complexity index is 220. The van der Waals surface area contributed by atoms with E-state index >= 15 is 0 Å². The van der Waals surface area contributed by atoms with E-state index in [9.17, 15) is 4.79 Å². The van der Waals surface area contributed by atoms with E-state index in [0.29, 0.717) is 0 Å². The summed E-state index contributed by atoms with van der Waals surface area (Å²) in [7, 11) is 0. The molecule has 11 heavy (non-hydrogen) atoms. The Balaban J connectivity index is 2.57. The van der Waals surface area contributed by atoms with Crippen LogP contribution in [-0.2, 0) is 11.2 Å². The molecule has 2 nitrogen and oxygen atoms in total. The van der Waals surface area contributed by atoms with E-state index in [1.807, 2.05) is 19.1 Å². The highest BCUT2D eigenvalue weighted by Crippen LogP contribution is 2.03. The minimum atomic E-state index is 0.109. The summed E-state index contributed by atoms with van der Waals surface area (Å²) in [4.78, 5) is 14.2. The van der Waals surface area contributed by atoms with Gasteiger partial charge in [0.25, 0.3) is 0 Å². The van der Waals surface area contributed by atoms with Crippen LogP contribution in [0.15, 0.2) is 24.5 Å². The molecule has 0 radical (unpaired) electrons. The quantitative estimate of drug-likeness (QED) is 0.609. The van der Waals surface area contributed by atoms with Gasteiger partial charge in [0.15, 0.2) is 0 Å². The summed E-state index contributed by atoms with van der Waals surface area (Å²) in [6, 6.07) is 3.86. The standard InChI is InChI=1S/C9H11NO/c1-8(7-11)6-9-2-4-10-5-3-9/h2-5,7-8H,6H2,1H3/t8-/m0/s1. The van der Waals surface area contributed by atoms with Crippen molar-refractivity contribution in [3.63, 3.8) is 0 Å². The molecule has 1 aromatic rings. The lowest BCUT2D eigenvalue weighted by Crippen LogP contribution is -2.00. The number of pyridine rings is 1. The highest BCUT2D eigenvalue weighted by molar-refractivity contribution is 5.53. The predicted octanol–water partition coefficient (Wildman–Crippen LogP) is 1.46. The van der Waals surface area contributed by atoms with E-state index in [2.05, 4.69) is 4.98 Å². The maximum atomic E-state index is 10.3. The molecule has 0 fully saturated rings. The monoisotopic (exact) mass is 149 g/mol. The fourth-order valence-corrected chi connectivity index (χ4v) is 0.939. The SMILES string of the molecule is C[C@H](C=O)Cc1ccncc1. The van der Waals surface area contributed by atoms with Crippen LogP contribution < -0.4 is 0 Å². The molecule has 58 valence electrons. The van der Waals surface area contributed by atoms with Gasteiger partial charge in [-0.3, -0.25) is 4.98 Å². The summed E-state index contributed by atoms with van der Waals surface area (Å²) >= 11 is 0. The Morgan fingerprint density at radius 3 is 2.73 bits per heavy atom. The fraction of sp³-hybridized carbons (Fsp3) is 0.333. The molecule has 2 heteroatoms. The van der Waals surface area contributed by atoms with Gasteiger partial charge in [-0.25, -0.2) is 0 Å². The number of aromatic nitrogens is 1. The van der Waals surface area contributed by atoms with Crippen molar-refractivity contribution in [2.75, 3.05) is 0 Å². The van der Waals surface area contributed by atoms with Crippen LogP contribution in [0.1, 0.15) is 12.5 Å². The van der Waals surface area contributed by atoms with Gasteiger partial charge in [-0.15, -0.1) is 0 Å². The van der Waals surface area contributed by atoms with Gasteiger partial charge in [0.05, 0.1) is 0 Å². The van der Waals surface area contributed by atoms with Gasteiger partial charge in [-0.05, 0) is 24.1 Å². The molecule has 0 N–H and O–H groups in total. The van der Waals surface area contributed by atoms with Crippen molar-refractivity contribution >= 4 is 6.29 Å². The molecule has 1 heterocycles. The van der Waals surface area contributed by atoms with Crippen LogP contribution in [-0.4, -0.2) is 11.3 Å². The average molecular weight is 149 g/mol. The molecule has 0 aliphatic rings. The Morgan fingerprint density at radius 2 is 2.18 bits per heavy atom. The minimum Gasteiger partial charge on any atom is -0.303 e. The first-order chi connectivity index (χ1) is 5.33. The highest BCUT2D eigenvalue weighted by atomic mass is 16.1. The number of rotatable bonds is 3. The van der Waals surface area contributed by atoms with Gasteiger partial charge in [0.1, 0.15) is 6.29 Å². The van der Waals surface area contributed by atoms with Crippen molar-refractivity contribution in [1.29, 1.82) is 0 Å². The summed E-state index contributed by atoms with van der Waals surface area (Å²) in [5.41, 5.74) is 1.17. The third-order valence-corrected chi connectivity index (χ3v) is 1.54. The lowest BCUT2D eigenvalue weighted by Gasteiger charge is -2.01. The molecule has 1 atom stereocenters.